The maximum atomic E-state index is 10.2. The van der Waals surface area contributed by atoms with Gasteiger partial charge in [0.2, 0.25) is 0 Å². The van der Waals surface area contributed by atoms with Crippen LogP contribution in [0.3, 0.4) is 0 Å². The van der Waals surface area contributed by atoms with Crippen molar-refractivity contribution < 1.29 is 10.2 Å². The van der Waals surface area contributed by atoms with Crippen molar-refractivity contribution in [2.24, 2.45) is 16.7 Å². The van der Waals surface area contributed by atoms with E-state index in [2.05, 4.69) is 26.8 Å². The summed E-state index contributed by atoms with van der Waals surface area (Å²) >= 11 is 0. The lowest BCUT2D eigenvalue weighted by Crippen LogP contribution is -2.31. The van der Waals surface area contributed by atoms with E-state index in [0.717, 1.165) is 25.7 Å². The Labute approximate surface area is 98.4 Å². The molecule has 0 amide bonds. The van der Waals surface area contributed by atoms with Crippen LogP contribution in [-0.2, 0) is 0 Å². The van der Waals surface area contributed by atoms with E-state index in [4.69, 9.17) is 0 Å². The highest BCUT2D eigenvalue weighted by Crippen LogP contribution is 2.53. The highest BCUT2D eigenvalue weighted by molar-refractivity contribution is 5.18. The summed E-state index contributed by atoms with van der Waals surface area (Å²) in [5.41, 5.74) is 1.51. The number of aliphatic hydroxyl groups is 2. The van der Waals surface area contributed by atoms with Crippen molar-refractivity contribution in [1.82, 2.24) is 0 Å². The highest BCUT2D eigenvalue weighted by atomic mass is 16.3. The Morgan fingerprint density at radius 1 is 1.44 bits per heavy atom. The monoisotopic (exact) mass is 224 g/mol. The second-order valence-corrected chi connectivity index (χ2v) is 6.31. The lowest BCUT2D eigenvalue weighted by atomic mass is 9.74. The molecule has 0 aliphatic heterocycles. The Hall–Kier alpha value is -0.340. The van der Waals surface area contributed by atoms with E-state index in [1.54, 1.807) is 0 Å². The average Bonchev–Trinajstić information content (AvgIpc) is 2.99. The van der Waals surface area contributed by atoms with E-state index in [0.29, 0.717) is 5.92 Å². The topological polar surface area (TPSA) is 40.5 Å². The molecule has 0 aromatic carbocycles. The van der Waals surface area contributed by atoms with E-state index >= 15 is 0 Å². The van der Waals surface area contributed by atoms with Crippen LogP contribution in [0.15, 0.2) is 11.6 Å². The molecule has 0 aromatic heterocycles. The molecule has 0 radical (unpaired) electrons. The number of hydrogen-bond donors (Lipinski definition) is 2. The zero-order chi connectivity index (χ0) is 12.0. The zero-order valence-electron chi connectivity index (χ0n) is 10.7. The summed E-state index contributed by atoms with van der Waals surface area (Å²) in [6.45, 7) is 6.86. The summed E-state index contributed by atoms with van der Waals surface area (Å²) in [4.78, 5) is 0. The Bertz CT molecular complexity index is 300. The maximum absolute atomic E-state index is 10.2. The molecule has 1 fully saturated rings. The van der Waals surface area contributed by atoms with Gasteiger partial charge in [0, 0.05) is 5.41 Å². The summed E-state index contributed by atoms with van der Waals surface area (Å²) in [6.07, 6.45) is 5.88. The van der Waals surface area contributed by atoms with Crippen molar-refractivity contribution in [3.8, 4) is 0 Å². The van der Waals surface area contributed by atoms with Crippen LogP contribution in [0, 0.1) is 16.7 Å². The molecule has 2 rings (SSSR count). The van der Waals surface area contributed by atoms with Crippen LogP contribution < -0.4 is 0 Å². The van der Waals surface area contributed by atoms with Crippen LogP contribution >= 0.6 is 0 Å². The van der Waals surface area contributed by atoms with Crippen molar-refractivity contribution in [3.05, 3.63) is 11.6 Å². The predicted octanol–water partition coefficient (Wildman–Crippen LogP) is 2.50. The van der Waals surface area contributed by atoms with Gasteiger partial charge >= 0.3 is 0 Å². The number of aliphatic hydroxyl groups excluding tert-OH is 2. The van der Waals surface area contributed by atoms with Gasteiger partial charge in [-0.2, -0.15) is 0 Å². The number of rotatable bonds is 4. The standard InChI is InChI=1S/C14H24O2/c1-10-4-5-11(13(10,2)3)8-12(16)14(9-15)6-7-14/h4,11-12,15-16H,5-9H2,1-3H3. The third-order valence-corrected chi connectivity index (χ3v) is 5.17. The second kappa shape index (κ2) is 3.85. The fraction of sp³-hybridized carbons (Fsp3) is 0.857. The van der Waals surface area contributed by atoms with Gasteiger partial charge in [0.05, 0.1) is 12.7 Å². The number of hydrogen-bond acceptors (Lipinski definition) is 2. The molecule has 2 aliphatic rings. The minimum atomic E-state index is -0.318. The smallest absolute Gasteiger partial charge is 0.0621 e. The van der Waals surface area contributed by atoms with Gasteiger partial charge < -0.3 is 10.2 Å². The summed E-state index contributed by atoms with van der Waals surface area (Å²) < 4.78 is 0. The normalized spacial score (nSPS) is 32.3. The Kier molecular flexibility index (Phi) is 2.92. The van der Waals surface area contributed by atoms with E-state index in [-0.39, 0.29) is 23.5 Å². The number of allylic oxidation sites excluding steroid dienone is 2. The quantitative estimate of drug-likeness (QED) is 0.720. The first-order chi connectivity index (χ1) is 7.42. The van der Waals surface area contributed by atoms with E-state index in [9.17, 15) is 10.2 Å². The van der Waals surface area contributed by atoms with Gasteiger partial charge in [-0.05, 0) is 43.9 Å². The van der Waals surface area contributed by atoms with Crippen molar-refractivity contribution >= 4 is 0 Å². The molecular formula is C14H24O2. The minimum absolute atomic E-state index is 0.146. The van der Waals surface area contributed by atoms with Crippen molar-refractivity contribution in [2.45, 2.75) is 52.6 Å². The summed E-state index contributed by atoms with van der Waals surface area (Å²) in [7, 11) is 0. The van der Waals surface area contributed by atoms with Gasteiger partial charge in [-0.3, -0.25) is 0 Å². The Morgan fingerprint density at radius 3 is 2.44 bits per heavy atom. The van der Waals surface area contributed by atoms with Gasteiger partial charge in [0.15, 0.2) is 0 Å². The van der Waals surface area contributed by atoms with Crippen LogP contribution in [0.1, 0.15) is 46.5 Å². The first kappa shape index (κ1) is 12.1. The van der Waals surface area contributed by atoms with Crippen LogP contribution in [-0.4, -0.2) is 22.9 Å². The molecule has 92 valence electrons. The van der Waals surface area contributed by atoms with Crippen molar-refractivity contribution in [1.29, 1.82) is 0 Å². The molecule has 0 aromatic rings. The summed E-state index contributed by atoms with van der Waals surface area (Å²) in [6, 6.07) is 0. The third kappa shape index (κ3) is 1.82. The molecule has 2 heteroatoms. The SMILES string of the molecule is CC1=CCC(CC(O)C2(CO)CC2)C1(C)C. The van der Waals surface area contributed by atoms with Gasteiger partial charge in [0.25, 0.3) is 0 Å². The molecule has 1 saturated carbocycles. The summed E-state index contributed by atoms with van der Waals surface area (Å²) in [5.74, 6) is 0.534. The molecule has 2 aliphatic carbocycles. The van der Waals surface area contributed by atoms with E-state index in [1.807, 2.05) is 0 Å². The third-order valence-electron chi connectivity index (χ3n) is 5.17. The predicted molar refractivity (Wildman–Crippen MR) is 65.0 cm³/mol. The fourth-order valence-electron chi connectivity index (χ4n) is 2.87. The van der Waals surface area contributed by atoms with E-state index < -0.39 is 0 Å². The molecular weight excluding hydrogens is 200 g/mol. The first-order valence-electron chi connectivity index (χ1n) is 6.38. The van der Waals surface area contributed by atoms with Gasteiger partial charge in [-0.25, -0.2) is 0 Å². The van der Waals surface area contributed by atoms with E-state index in [1.165, 1.54) is 5.57 Å². The molecule has 16 heavy (non-hydrogen) atoms. The van der Waals surface area contributed by atoms with Gasteiger partial charge in [-0.15, -0.1) is 0 Å². The summed E-state index contributed by atoms with van der Waals surface area (Å²) in [5, 5.41) is 19.5. The molecule has 0 bridgehead atoms. The lowest BCUT2D eigenvalue weighted by molar-refractivity contribution is 0.0225. The molecule has 0 heterocycles. The fourth-order valence-corrected chi connectivity index (χ4v) is 2.87. The molecule has 2 atom stereocenters. The molecule has 2 unspecified atom stereocenters. The van der Waals surface area contributed by atoms with Gasteiger partial charge in [-0.1, -0.05) is 25.5 Å². The van der Waals surface area contributed by atoms with Crippen LogP contribution in [0.4, 0.5) is 0 Å². The minimum Gasteiger partial charge on any atom is -0.396 e. The average molecular weight is 224 g/mol. The Morgan fingerprint density at radius 2 is 2.06 bits per heavy atom. The zero-order valence-corrected chi connectivity index (χ0v) is 10.7. The molecule has 2 nitrogen and oxygen atoms in total. The van der Waals surface area contributed by atoms with Crippen molar-refractivity contribution in [3.63, 3.8) is 0 Å². The first-order valence-corrected chi connectivity index (χ1v) is 6.38. The largest absolute Gasteiger partial charge is 0.396 e. The van der Waals surface area contributed by atoms with Gasteiger partial charge in [0.1, 0.15) is 0 Å². The van der Waals surface area contributed by atoms with Crippen molar-refractivity contribution in [2.75, 3.05) is 6.61 Å². The van der Waals surface area contributed by atoms with Crippen LogP contribution in [0.2, 0.25) is 0 Å². The molecule has 2 N–H and O–H groups in total. The second-order valence-electron chi connectivity index (χ2n) is 6.31. The molecule has 0 spiro atoms. The lowest BCUT2D eigenvalue weighted by Gasteiger charge is -2.33. The maximum Gasteiger partial charge on any atom is 0.0621 e. The molecule has 0 saturated heterocycles. The van der Waals surface area contributed by atoms with Crippen LogP contribution in [0.25, 0.3) is 0 Å². The van der Waals surface area contributed by atoms with Crippen LogP contribution in [0.5, 0.6) is 0 Å². The highest BCUT2D eigenvalue weighted by Gasteiger charge is 2.50. The Balaban J connectivity index is 1.97.